The largest absolute Gasteiger partial charge is 0.481 e. The van der Waals surface area contributed by atoms with E-state index in [0.717, 1.165) is 38.9 Å². The van der Waals surface area contributed by atoms with Gasteiger partial charge < -0.3 is 20.1 Å². The third-order valence-electron chi connectivity index (χ3n) is 4.64. The second kappa shape index (κ2) is 7.64. The van der Waals surface area contributed by atoms with Crippen LogP contribution in [0.2, 0.25) is 0 Å². The van der Waals surface area contributed by atoms with E-state index in [1.54, 1.807) is 4.90 Å². The summed E-state index contributed by atoms with van der Waals surface area (Å²) in [4.78, 5) is 25.1. The molecule has 2 amide bonds. The quantitative estimate of drug-likeness (QED) is 0.828. The van der Waals surface area contributed by atoms with E-state index in [1.165, 1.54) is 0 Å². The molecule has 2 unspecified atom stereocenters. The number of hydrogen-bond acceptors (Lipinski definition) is 3. The van der Waals surface area contributed by atoms with Gasteiger partial charge >= 0.3 is 12.0 Å². The first-order valence-corrected chi connectivity index (χ1v) is 7.97. The van der Waals surface area contributed by atoms with Crippen molar-refractivity contribution in [3.63, 3.8) is 0 Å². The molecule has 2 rings (SSSR count). The van der Waals surface area contributed by atoms with Crippen LogP contribution >= 0.6 is 0 Å². The molecule has 6 heteroatoms. The zero-order valence-electron chi connectivity index (χ0n) is 12.7. The number of hydrogen-bond donors (Lipinski definition) is 2. The summed E-state index contributed by atoms with van der Waals surface area (Å²) in [5.41, 5.74) is 0. The van der Waals surface area contributed by atoms with Crippen molar-refractivity contribution in [3.8, 4) is 0 Å². The molecule has 2 saturated heterocycles. The molecule has 21 heavy (non-hydrogen) atoms. The van der Waals surface area contributed by atoms with Crippen molar-refractivity contribution in [1.82, 2.24) is 10.2 Å². The van der Waals surface area contributed by atoms with Gasteiger partial charge in [0.2, 0.25) is 0 Å². The van der Waals surface area contributed by atoms with Gasteiger partial charge in [-0.1, -0.05) is 6.92 Å². The number of urea groups is 1. The molecule has 0 saturated carbocycles. The molecule has 2 fully saturated rings. The first-order chi connectivity index (χ1) is 10.1. The molecule has 0 spiro atoms. The highest BCUT2D eigenvalue weighted by Gasteiger charge is 2.30. The summed E-state index contributed by atoms with van der Waals surface area (Å²) < 4.78 is 5.37. The van der Waals surface area contributed by atoms with E-state index < -0.39 is 11.9 Å². The summed E-state index contributed by atoms with van der Waals surface area (Å²) in [7, 11) is 0. The Kier molecular flexibility index (Phi) is 5.85. The zero-order valence-corrected chi connectivity index (χ0v) is 12.7. The number of likely N-dealkylation sites (tertiary alicyclic amines) is 1. The van der Waals surface area contributed by atoms with Gasteiger partial charge in [-0.05, 0) is 38.0 Å². The van der Waals surface area contributed by atoms with Crippen molar-refractivity contribution in [2.75, 3.05) is 26.3 Å². The van der Waals surface area contributed by atoms with Crippen molar-refractivity contribution >= 4 is 12.0 Å². The number of ether oxygens (including phenoxy) is 1. The number of nitrogens with one attached hydrogen (secondary N) is 1. The van der Waals surface area contributed by atoms with Gasteiger partial charge in [0.25, 0.3) is 0 Å². The maximum absolute atomic E-state index is 12.4. The minimum atomic E-state index is -0.802. The maximum atomic E-state index is 12.4. The Morgan fingerprint density at radius 3 is 2.67 bits per heavy atom. The Morgan fingerprint density at radius 1 is 1.33 bits per heavy atom. The van der Waals surface area contributed by atoms with Crippen LogP contribution in [0.3, 0.4) is 0 Å². The van der Waals surface area contributed by atoms with Gasteiger partial charge in [-0.15, -0.1) is 0 Å². The predicted molar refractivity (Wildman–Crippen MR) is 78.1 cm³/mol. The average Bonchev–Trinajstić information content (AvgIpc) is 2.53. The molecule has 0 aromatic rings. The number of carboxylic acids is 1. The van der Waals surface area contributed by atoms with E-state index in [4.69, 9.17) is 9.84 Å². The fourth-order valence-corrected chi connectivity index (χ4v) is 3.28. The molecule has 2 heterocycles. The molecule has 6 nitrogen and oxygen atoms in total. The summed E-state index contributed by atoms with van der Waals surface area (Å²) >= 11 is 0. The van der Waals surface area contributed by atoms with E-state index in [-0.39, 0.29) is 12.1 Å². The Hall–Kier alpha value is -1.30. The second-order valence-corrected chi connectivity index (χ2v) is 6.04. The highest BCUT2D eigenvalue weighted by molar-refractivity contribution is 5.76. The molecule has 120 valence electrons. The number of carboxylic acid groups (broad SMARTS) is 1. The van der Waals surface area contributed by atoms with Gasteiger partial charge in [0, 0.05) is 32.3 Å². The van der Waals surface area contributed by atoms with Crippen LogP contribution in [-0.4, -0.2) is 54.4 Å². The smallest absolute Gasteiger partial charge is 0.317 e. The fraction of sp³-hybridized carbons (Fsp3) is 0.867. The Balaban J connectivity index is 1.87. The van der Waals surface area contributed by atoms with Gasteiger partial charge in [-0.25, -0.2) is 4.79 Å². The molecule has 0 aromatic heterocycles. The van der Waals surface area contributed by atoms with Crippen molar-refractivity contribution in [3.05, 3.63) is 0 Å². The molecular weight excluding hydrogens is 272 g/mol. The highest BCUT2D eigenvalue weighted by Crippen LogP contribution is 2.22. The monoisotopic (exact) mass is 298 g/mol. The minimum absolute atomic E-state index is 0.112. The summed E-state index contributed by atoms with van der Waals surface area (Å²) in [5, 5.41) is 12.2. The number of amides is 2. The van der Waals surface area contributed by atoms with Crippen LogP contribution in [0.4, 0.5) is 4.79 Å². The standard InChI is InChI=1S/C15H26N2O4/c1-2-13(11-5-8-21-9-6-11)16-15(20)17-7-3-4-12(10-17)14(18)19/h11-13H,2-10H2,1H3,(H,16,20)(H,18,19). The van der Waals surface area contributed by atoms with Gasteiger partial charge in [0.05, 0.1) is 5.92 Å². The van der Waals surface area contributed by atoms with E-state index >= 15 is 0 Å². The van der Waals surface area contributed by atoms with E-state index in [0.29, 0.717) is 25.4 Å². The van der Waals surface area contributed by atoms with Crippen LogP contribution in [0.25, 0.3) is 0 Å². The molecule has 0 bridgehead atoms. The number of carbonyl (C=O) groups excluding carboxylic acids is 1. The molecule has 0 radical (unpaired) electrons. The van der Waals surface area contributed by atoms with Gasteiger partial charge in [0.1, 0.15) is 0 Å². The average molecular weight is 298 g/mol. The molecule has 2 N–H and O–H groups in total. The van der Waals surface area contributed by atoms with Gasteiger partial charge in [-0.2, -0.15) is 0 Å². The van der Waals surface area contributed by atoms with Crippen LogP contribution in [0, 0.1) is 11.8 Å². The molecule has 2 atom stereocenters. The first kappa shape index (κ1) is 16.1. The molecule has 2 aliphatic heterocycles. The minimum Gasteiger partial charge on any atom is -0.481 e. The molecular formula is C15H26N2O4. The summed E-state index contributed by atoms with van der Waals surface area (Å²) in [6.45, 7) is 4.59. The van der Waals surface area contributed by atoms with Crippen LogP contribution in [-0.2, 0) is 9.53 Å². The molecule has 0 aromatic carbocycles. The van der Waals surface area contributed by atoms with Gasteiger partial charge in [0.15, 0.2) is 0 Å². The number of rotatable bonds is 4. The third kappa shape index (κ3) is 4.33. The van der Waals surface area contributed by atoms with Crippen LogP contribution in [0.15, 0.2) is 0 Å². The number of carbonyl (C=O) groups is 2. The lowest BCUT2D eigenvalue weighted by molar-refractivity contribution is -0.143. The summed E-state index contributed by atoms with van der Waals surface area (Å²) in [6.07, 6.45) is 4.29. The van der Waals surface area contributed by atoms with Crippen molar-refractivity contribution in [2.24, 2.45) is 11.8 Å². The summed E-state index contributed by atoms with van der Waals surface area (Å²) in [5.74, 6) is -0.760. The predicted octanol–water partition coefficient (Wildman–Crippen LogP) is 1.70. The molecule has 2 aliphatic rings. The fourth-order valence-electron chi connectivity index (χ4n) is 3.28. The Morgan fingerprint density at radius 2 is 2.05 bits per heavy atom. The van der Waals surface area contributed by atoms with Gasteiger partial charge in [-0.3, -0.25) is 4.79 Å². The van der Waals surface area contributed by atoms with Crippen LogP contribution in [0.1, 0.15) is 39.0 Å². The van der Waals surface area contributed by atoms with Crippen molar-refractivity contribution in [2.45, 2.75) is 45.1 Å². The highest BCUT2D eigenvalue weighted by atomic mass is 16.5. The first-order valence-electron chi connectivity index (χ1n) is 7.97. The van der Waals surface area contributed by atoms with E-state index in [9.17, 15) is 9.59 Å². The third-order valence-corrected chi connectivity index (χ3v) is 4.64. The topological polar surface area (TPSA) is 78.9 Å². The number of nitrogens with zero attached hydrogens (tertiary/aromatic N) is 1. The van der Waals surface area contributed by atoms with Crippen LogP contribution < -0.4 is 5.32 Å². The number of aliphatic carboxylic acids is 1. The lowest BCUT2D eigenvalue weighted by Gasteiger charge is -2.35. The van der Waals surface area contributed by atoms with Crippen molar-refractivity contribution in [1.29, 1.82) is 0 Å². The number of piperidine rings is 1. The maximum Gasteiger partial charge on any atom is 0.317 e. The summed E-state index contributed by atoms with van der Waals surface area (Å²) in [6, 6.07) is 0.0471. The lowest BCUT2D eigenvalue weighted by Crippen LogP contribution is -2.51. The lowest BCUT2D eigenvalue weighted by atomic mass is 9.90. The Bertz CT molecular complexity index is 369. The zero-order chi connectivity index (χ0) is 15.2. The van der Waals surface area contributed by atoms with Crippen molar-refractivity contribution < 1.29 is 19.4 Å². The SMILES string of the molecule is CCC(NC(=O)N1CCCC(C(=O)O)C1)C1CCOCC1. The normalized spacial score (nSPS) is 25.4. The van der Waals surface area contributed by atoms with Crippen LogP contribution in [0.5, 0.6) is 0 Å². The molecule has 0 aliphatic carbocycles. The Labute approximate surface area is 125 Å². The van der Waals surface area contributed by atoms with E-state index in [2.05, 4.69) is 12.2 Å². The second-order valence-electron chi connectivity index (χ2n) is 6.04. The van der Waals surface area contributed by atoms with E-state index in [1.807, 2.05) is 0 Å².